The van der Waals surface area contributed by atoms with E-state index in [0.29, 0.717) is 19.4 Å². The number of hydrogen-bond donors (Lipinski definition) is 3. The summed E-state index contributed by atoms with van der Waals surface area (Å²) in [5.74, 6) is -0.333. The summed E-state index contributed by atoms with van der Waals surface area (Å²) in [7, 11) is 0. The maximum Gasteiger partial charge on any atom is 0.305 e. The first-order valence-electron chi connectivity index (χ1n) is 15.6. The minimum Gasteiger partial charge on any atom is -0.466 e. The van der Waals surface area contributed by atoms with Gasteiger partial charge in [-0.05, 0) is 116 Å². The Morgan fingerprint density at radius 3 is 1.83 bits per heavy atom. The van der Waals surface area contributed by atoms with E-state index in [4.69, 9.17) is 4.74 Å². The molecule has 1 unspecified atom stereocenters. The molecular formula is C39H38N4O3. The molecule has 2 aliphatic rings. The van der Waals surface area contributed by atoms with Crippen LogP contribution in [0.15, 0.2) is 91.0 Å². The molecule has 0 radical (unpaired) electrons. The van der Waals surface area contributed by atoms with E-state index in [9.17, 15) is 9.90 Å². The summed E-state index contributed by atoms with van der Waals surface area (Å²) >= 11 is 0. The number of benzene rings is 2. The maximum absolute atomic E-state index is 11.7. The number of aromatic amines is 2. The Hall–Kier alpha value is -5.27. The standard InChI is InChI=1S/C20H14N4.C19H24O3/c1-2-14-10-16-5-6-18(23-16)12-20-8-7-19(24-20)11-17-4-3-15(22-17)9-13(1)21-14;1-4-22-18(20)13-12-17(19(2,3)21)16-11-7-9-14-8-5-6-10-15(14)16/h1-12,21-22H;5-11,17,21H,4,12-13H2,1-3H3. The number of carbonyl (C=O) groups excluding carboxylic acids is 1. The summed E-state index contributed by atoms with van der Waals surface area (Å²) in [4.78, 5) is 27.7. The Balaban J connectivity index is 0.000000163. The van der Waals surface area contributed by atoms with Crippen LogP contribution in [0.5, 0.6) is 0 Å². The molecule has 0 fully saturated rings. The van der Waals surface area contributed by atoms with Crippen molar-refractivity contribution in [2.75, 3.05) is 6.61 Å². The minimum absolute atomic E-state index is 0.122. The van der Waals surface area contributed by atoms with Gasteiger partial charge in [0, 0.05) is 34.4 Å². The molecule has 0 saturated heterocycles. The van der Waals surface area contributed by atoms with E-state index in [1.807, 2.05) is 66.8 Å². The quantitative estimate of drug-likeness (QED) is 0.163. The zero-order valence-corrected chi connectivity index (χ0v) is 26.3. The Kier molecular flexibility index (Phi) is 8.94. The second-order valence-corrected chi connectivity index (χ2v) is 12.0. The van der Waals surface area contributed by atoms with Crippen LogP contribution in [0.3, 0.4) is 0 Å². The van der Waals surface area contributed by atoms with Crippen molar-refractivity contribution in [1.29, 1.82) is 0 Å². The normalized spacial score (nSPS) is 12.9. The van der Waals surface area contributed by atoms with Gasteiger partial charge in [-0.3, -0.25) is 4.79 Å². The summed E-state index contributed by atoms with van der Waals surface area (Å²) in [5, 5.41) is 12.9. The first-order valence-corrected chi connectivity index (χ1v) is 15.6. The molecule has 0 spiro atoms. The van der Waals surface area contributed by atoms with Crippen LogP contribution in [-0.4, -0.2) is 43.2 Å². The van der Waals surface area contributed by atoms with E-state index >= 15 is 0 Å². The number of aliphatic hydroxyl groups is 1. The number of fused-ring (bicyclic) bond motifs is 9. The minimum atomic E-state index is -0.906. The number of hydrogen-bond acceptors (Lipinski definition) is 5. The SMILES string of the molecule is C1=Cc2cc3ccc(cc4ccc(cc5nc(cc1n2)C=C5)[nH]4)[nH]3.CCOC(=O)CCC(c1cccc2ccccc12)C(C)(C)O. The van der Waals surface area contributed by atoms with Gasteiger partial charge in [-0.15, -0.1) is 0 Å². The summed E-state index contributed by atoms with van der Waals surface area (Å²) < 4.78 is 5.01. The maximum atomic E-state index is 11.7. The molecular weight excluding hydrogens is 572 g/mol. The molecule has 2 aliphatic heterocycles. The van der Waals surface area contributed by atoms with Gasteiger partial charge >= 0.3 is 5.97 Å². The van der Waals surface area contributed by atoms with Crippen molar-refractivity contribution in [1.82, 2.24) is 19.9 Å². The third-order valence-corrected chi connectivity index (χ3v) is 8.04. The molecule has 7 rings (SSSR count). The van der Waals surface area contributed by atoms with Crippen molar-refractivity contribution >= 4 is 63.1 Å². The van der Waals surface area contributed by atoms with Gasteiger partial charge in [0.1, 0.15) is 0 Å². The molecule has 5 aromatic rings. The van der Waals surface area contributed by atoms with Crippen LogP contribution in [0, 0.1) is 0 Å². The first-order chi connectivity index (χ1) is 22.2. The molecule has 2 aromatic carbocycles. The molecule has 1 atom stereocenters. The van der Waals surface area contributed by atoms with E-state index in [2.05, 4.69) is 68.5 Å². The number of rotatable bonds is 6. The Bertz CT molecular complexity index is 2000. The highest BCUT2D eigenvalue weighted by molar-refractivity contribution is 5.86. The molecule has 3 N–H and O–H groups in total. The summed E-state index contributed by atoms with van der Waals surface area (Å²) in [6, 6.07) is 30.6. The van der Waals surface area contributed by atoms with Crippen molar-refractivity contribution in [3.63, 3.8) is 0 Å². The summed E-state index contributed by atoms with van der Waals surface area (Å²) in [5.41, 5.74) is 8.03. The van der Waals surface area contributed by atoms with Crippen molar-refractivity contribution in [3.05, 3.63) is 119 Å². The Morgan fingerprint density at radius 1 is 0.739 bits per heavy atom. The third kappa shape index (κ3) is 7.50. The summed E-state index contributed by atoms with van der Waals surface area (Å²) in [6.07, 6.45) is 8.92. The first kappa shape index (κ1) is 30.7. The molecule has 3 aromatic heterocycles. The van der Waals surface area contributed by atoms with E-state index in [1.165, 1.54) is 0 Å². The van der Waals surface area contributed by atoms with Crippen molar-refractivity contribution in [2.24, 2.45) is 0 Å². The Labute approximate surface area is 268 Å². The van der Waals surface area contributed by atoms with Gasteiger partial charge < -0.3 is 19.8 Å². The van der Waals surface area contributed by atoms with Gasteiger partial charge in [0.05, 0.1) is 35.0 Å². The zero-order valence-electron chi connectivity index (χ0n) is 26.3. The predicted octanol–water partition coefficient (Wildman–Crippen LogP) is 8.69. The molecule has 46 heavy (non-hydrogen) atoms. The monoisotopic (exact) mass is 610 g/mol. The molecule has 0 saturated carbocycles. The predicted molar refractivity (Wildman–Crippen MR) is 188 cm³/mol. The molecule has 0 aliphatic carbocycles. The van der Waals surface area contributed by atoms with Crippen LogP contribution < -0.4 is 0 Å². The van der Waals surface area contributed by atoms with Crippen molar-refractivity contribution < 1.29 is 14.6 Å². The van der Waals surface area contributed by atoms with E-state index in [1.54, 1.807) is 20.8 Å². The summed E-state index contributed by atoms with van der Waals surface area (Å²) in [6.45, 7) is 5.78. The second-order valence-electron chi connectivity index (χ2n) is 12.0. The van der Waals surface area contributed by atoms with Crippen LogP contribution in [0.1, 0.15) is 67.9 Å². The smallest absolute Gasteiger partial charge is 0.305 e. The van der Waals surface area contributed by atoms with E-state index in [0.717, 1.165) is 61.2 Å². The van der Waals surface area contributed by atoms with Crippen LogP contribution in [-0.2, 0) is 9.53 Å². The number of H-pyrrole nitrogens is 2. The molecule has 5 heterocycles. The molecule has 7 nitrogen and oxygen atoms in total. The van der Waals surface area contributed by atoms with E-state index in [-0.39, 0.29) is 11.9 Å². The van der Waals surface area contributed by atoms with Gasteiger partial charge in [-0.25, -0.2) is 9.97 Å². The lowest BCUT2D eigenvalue weighted by Crippen LogP contribution is -2.29. The number of ether oxygens (including phenoxy) is 1. The number of nitrogens with one attached hydrogen (secondary N) is 2. The largest absolute Gasteiger partial charge is 0.466 e. The number of carbonyl (C=O) groups is 1. The van der Waals surface area contributed by atoms with Crippen LogP contribution >= 0.6 is 0 Å². The lowest BCUT2D eigenvalue weighted by Gasteiger charge is -2.30. The number of esters is 1. The fraction of sp³-hybridized carbons (Fsp3) is 0.205. The van der Waals surface area contributed by atoms with Crippen molar-refractivity contribution in [2.45, 2.75) is 45.1 Å². The van der Waals surface area contributed by atoms with Gasteiger partial charge in [0.25, 0.3) is 0 Å². The fourth-order valence-corrected chi connectivity index (χ4v) is 5.88. The van der Waals surface area contributed by atoms with Crippen LogP contribution in [0.2, 0.25) is 0 Å². The highest BCUT2D eigenvalue weighted by atomic mass is 16.5. The van der Waals surface area contributed by atoms with Gasteiger partial charge in [-0.2, -0.15) is 0 Å². The van der Waals surface area contributed by atoms with Crippen LogP contribution in [0.4, 0.5) is 0 Å². The highest BCUT2D eigenvalue weighted by Crippen LogP contribution is 2.36. The lowest BCUT2D eigenvalue weighted by molar-refractivity contribution is -0.143. The van der Waals surface area contributed by atoms with Gasteiger partial charge in [0.15, 0.2) is 0 Å². The highest BCUT2D eigenvalue weighted by Gasteiger charge is 2.30. The number of nitrogens with zero attached hydrogens (tertiary/aromatic N) is 2. The molecule has 7 heteroatoms. The van der Waals surface area contributed by atoms with Crippen LogP contribution in [0.25, 0.3) is 57.1 Å². The van der Waals surface area contributed by atoms with Gasteiger partial charge in [-0.1, -0.05) is 42.5 Å². The molecule has 232 valence electrons. The molecule has 0 amide bonds. The fourth-order valence-electron chi connectivity index (χ4n) is 5.88. The zero-order chi connectivity index (χ0) is 32.1. The number of aromatic nitrogens is 4. The second kappa shape index (κ2) is 13.4. The molecule has 8 bridgehead atoms. The third-order valence-electron chi connectivity index (χ3n) is 8.04. The van der Waals surface area contributed by atoms with Gasteiger partial charge in [0.2, 0.25) is 0 Å². The average molecular weight is 611 g/mol. The average Bonchev–Trinajstić information content (AvgIpc) is 3.84. The lowest BCUT2D eigenvalue weighted by atomic mass is 9.79. The Morgan fingerprint density at radius 2 is 1.26 bits per heavy atom. The topological polar surface area (TPSA) is 104 Å². The van der Waals surface area contributed by atoms with E-state index < -0.39 is 5.60 Å². The van der Waals surface area contributed by atoms with Crippen molar-refractivity contribution in [3.8, 4) is 0 Å².